The standard InChI is InChI=1S/C23H22N4/c1-4-17-7-10-22(25-17)16(3)23-12-9-19(27-23)14-18-8-11-21(26-18)15(2)20-6-5-13-24-20/h4-14,26-27H,1-3H3/b17-4-,19-14?,20-15?,23-16?. The van der Waals surface area contributed by atoms with E-state index in [1.54, 1.807) is 0 Å². The molecule has 0 radical (unpaired) electrons. The summed E-state index contributed by atoms with van der Waals surface area (Å²) in [5, 5.41) is 2.13. The third kappa shape index (κ3) is 3.47. The van der Waals surface area contributed by atoms with Crippen LogP contribution in [0.1, 0.15) is 32.2 Å². The van der Waals surface area contributed by atoms with Gasteiger partial charge >= 0.3 is 0 Å². The highest BCUT2D eigenvalue weighted by Gasteiger charge is 2.07. The second-order valence-electron chi connectivity index (χ2n) is 6.62. The van der Waals surface area contributed by atoms with E-state index in [-0.39, 0.29) is 0 Å². The Morgan fingerprint density at radius 1 is 0.963 bits per heavy atom. The Morgan fingerprint density at radius 2 is 1.85 bits per heavy atom. The number of aromatic amines is 2. The molecule has 0 unspecified atom stereocenters. The maximum Gasteiger partial charge on any atom is 0.0687 e. The molecule has 2 aliphatic rings. The van der Waals surface area contributed by atoms with Crippen molar-refractivity contribution in [3.8, 4) is 0 Å². The zero-order valence-electron chi connectivity index (χ0n) is 15.7. The van der Waals surface area contributed by atoms with Crippen LogP contribution < -0.4 is 10.7 Å². The molecule has 0 fully saturated rings. The van der Waals surface area contributed by atoms with Gasteiger partial charge in [0.1, 0.15) is 0 Å². The van der Waals surface area contributed by atoms with Crippen molar-refractivity contribution in [3.63, 3.8) is 0 Å². The summed E-state index contributed by atoms with van der Waals surface area (Å²) < 4.78 is 0. The van der Waals surface area contributed by atoms with E-state index in [2.05, 4.69) is 70.2 Å². The molecule has 0 atom stereocenters. The monoisotopic (exact) mass is 354 g/mol. The molecule has 0 amide bonds. The molecule has 0 spiro atoms. The number of hydrogen-bond acceptors (Lipinski definition) is 2. The van der Waals surface area contributed by atoms with E-state index < -0.39 is 0 Å². The summed E-state index contributed by atoms with van der Waals surface area (Å²) in [5.41, 5.74) is 7.43. The molecule has 0 aliphatic carbocycles. The molecular formula is C23H22N4. The normalized spacial score (nSPS) is 20.8. The molecule has 0 saturated carbocycles. The first-order chi connectivity index (χ1) is 13.1. The molecular weight excluding hydrogens is 332 g/mol. The van der Waals surface area contributed by atoms with Crippen molar-refractivity contribution in [2.45, 2.75) is 20.8 Å². The van der Waals surface area contributed by atoms with E-state index in [1.165, 1.54) is 0 Å². The van der Waals surface area contributed by atoms with Gasteiger partial charge in [-0.3, -0.25) is 4.99 Å². The van der Waals surface area contributed by atoms with Crippen LogP contribution in [0.25, 0.3) is 17.2 Å². The first-order valence-electron chi connectivity index (χ1n) is 9.06. The Morgan fingerprint density at radius 3 is 2.59 bits per heavy atom. The van der Waals surface area contributed by atoms with Crippen LogP contribution in [0.3, 0.4) is 0 Å². The largest absolute Gasteiger partial charge is 0.355 e. The van der Waals surface area contributed by atoms with Gasteiger partial charge in [0.25, 0.3) is 0 Å². The van der Waals surface area contributed by atoms with Gasteiger partial charge in [0.2, 0.25) is 0 Å². The van der Waals surface area contributed by atoms with Crippen LogP contribution in [0.4, 0.5) is 0 Å². The number of H-pyrrole nitrogens is 2. The maximum absolute atomic E-state index is 4.61. The molecule has 4 nitrogen and oxygen atoms in total. The molecule has 2 aromatic rings. The van der Waals surface area contributed by atoms with Gasteiger partial charge in [0, 0.05) is 28.3 Å². The fourth-order valence-electron chi connectivity index (χ4n) is 3.14. The Labute approximate surface area is 158 Å². The first kappa shape index (κ1) is 17.0. The summed E-state index contributed by atoms with van der Waals surface area (Å²) in [4.78, 5) is 15.9. The van der Waals surface area contributed by atoms with E-state index in [4.69, 9.17) is 0 Å². The van der Waals surface area contributed by atoms with Gasteiger partial charge in [0.15, 0.2) is 0 Å². The topological polar surface area (TPSA) is 56.3 Å². The second-order valence-corrected chi connectivity index (χ2v) is 6.62. The third-order valence-corrected chi connectivity index (χ3v) is 4.82. The van der Waals surface area contributed by atoms with Crippen LogP contribution in [0.15, 0.2) is 76.0 Å². The zero-order chi connectivity index (χ0) is 18.8. The summed E-state index contributed by atoms with van der Waals surface area (Å²) in [6.07, 6.45) is 14.0. The molecule has 4 heteroatoms. The predicted octanol–water partition coefficient (Wildman–Crippen LogP) is 3.63. The van der Waals surface area contributed by atoms with Gasteiger partial charge < -0.3 is 9.97 Å². The molecule has 0 aromatic carbocycles. The van der Waals surface area contributed by atoms with Crippen LogP contribution in [0.5, 0.6) is 0 Å². The number of allylic oxidation sites excluding steroid dienone is 6. The Kier molecular flexibility index (Phi) is 4.47. The summed E-state index contributed by atoms with van der Waals surface area (Å²) in [5.74, 6) is 0. The van der Waals surface area contributed by atoms with Crippen molar-refractivity contribution in [1.82, 2.24) is 9.97 Å². The van der Waals surface area contributed by atoms with Crippen molar-refractivity contribution < 1.29 is 0 Å². The van der Waals surface area contributed by atoms with Gasteiger partial charge in [-0.2, -0.15) is 0 Å². The maximum atomic E-state index is 4.61. The first-order valence-corrected chi connectivity index (χ1v) is 9.06. The summed E-state index contributed by atoms with van der Waals surface area (Å²) in [7, 11) is 0. The number of nitrogens with one attached hydrogen (secondary N) is 2. The fraction of sp³-hybridized carbons (Fsp3) is 0.130. The van der Waals surface area contributed by atoms with Gasteiger partial charge in [-0.05, 0) is 86.6 Å². The molecule has 0 saturated heterocycles. The summed E-state index contributed by atoms with van der Waals surface area (Å²) in [6, 6.07) is 8.36. The van der Waals surface area contributed by atoms with E-state index in [0.29, 0.717) is 0 Å². The molecule has 2 N–H and O–H groups in total. The molecule has 4 rings (SSSR count). The number of hydrogen-bond donors (Lipinski definition) is 2. The average Bonchev–Trinajstić information content (AvgIpc) is 3.48. The molecule has 27 heavy (non-hydrogen) atoms. The number of nitrogens with zero attached hydrogens (tertiary/aromatic N) is 2. The van der Waals surface area contributed by atoms with Crippen molar-refractivity contribution in [2.24, 2.45) is 9.98 Å². The highest BCUT2D eigenvalue weighted by molar-refractivity contribution is 6.25. The van der Waals surface area contributed by atoms with Crippen LogP contribution in [0, 0.1) is 0 Å². The molecule has 134 valence electrons. The predicted molar refractivity (Wildman–Crippen MR) is 114 cm³/mol. The van der Waals surface area contributed by atoms with Crippen molar-refractivity contribution >= 4 is 29.1 Å². The molecule has 0 bridgehead atoms. The van der Waals surface area contributed by atoms with Crippen LogP contribution in [0.2, 0.25) is 0 Å². The lowest BCUT2D eigenvalue weighted by Crippen LogP contribution is -2.15. The average molecular weight is 354 g/mol. The van der Waals surface area contributed by atoms with Crippen molar-refractivity contribution in [3.05, 3.63) is 88.1 Å². The van der Waals surface area contributed by atoms with E-state index in [1.807, 2.05) is 37.4 Å². The van der Waals surface area contributed by atoms with Crippen LogP contribution in [-0.4, -0.2) is 21.9 Å². The van der Waals surface area contributed by atoms with Crippen LogP contribution >= 0.6 is 0 Å². The van der Waals surface area contributed by atoms with E-state index >= 15 is 0 Å². The fourth-order valence-corrected chi connectivity index (χ4v) is 3.14. The third-order valence-electron chi connectivity index (χ3n) is 4.82. The smallest absolute Gasteiger partial charge is 0.0687 e. The number of aliphatic imine (C=N–C) groups is 2. The van der Waals surface area contributed by atoms with Gasteiger partial charge in [-0.25, -0.2) is 4.99 Å². The second kappa shape index (κ2) is 7.08. The Balaban J connectivity index is 1.65. The minimum absolute atomic E-state index is 1.00. The zero-order valence-corrected chi connectivity index (χ0v) is 15.7. The highest BCUT2D eigenvalue weighted by Crippen LogP contribution is 2.21. The van der Waals surface area contributed by atoms with Gasteiger partial charge in [0.05, 0.1) is 17.1 Å². The van der Waals surface area contributed by atoms with E-state index in [9.17, 15) is 0 Å². The number of rotatable bonds is 3. The molecule has 2 aromatic heterocycles. The lowest BCUT2D eigenvalue weighted by atomic mass is 10.2. The van der Waals surface area contributed by atoms with Crippen molar-refractivity contribution in [2.75, 3.05) is 0 Å². The Hall–Kier alpha value is -3.40. The SMILES string of the molecule is C/C=C1/C=CC(C(C)=c2ccc(=Cc3ccc(C(C)=C4C=CC=N4)[nH]3)[nH]2)=N1. The highest BCUT2D eigenvalue weighted by atomic mass is 14.8. The van der Waals surface area contributed by atoms with Gasteiger partial charge in [-0.15, -0.1) is 0 Å². The van der Waals surface area contributed by atoms with Crippen LogP contribution in [-0.2, 0) is 0 Å². The lowest BCUT2D eigenvalue weighted by molar-refractivity contribution is 1.24. The Bertz CT molecular complexity index is 1170. The molecule has 4 heterocycles. The number of aromatic nitrogens is 2. The minimum atomic E-state index is 1.00. The minimum Gasteiger partial charge on any atom is -0.355 e. The summed E-state index contributed by atoms with van der Waals surface area (Å²) >= 11 is 0. The lowest BCUT2D eigenvalue weighted by Gasteiger charge is -1.99. The summed E-state index contributed by atoms with van der Waals surface area (Å²) in [6.45, 7) is 6.17. The van der Waals surface area contributed by atoms with Crippen molar-refractivity contribution in [1.29, 1.82) is 0 Å². The quantitative estimate of drug-likeness (QED) is 0.846. The van der Waals surface area contributed by atoms with Gasteiger partial charge in [-0.1, -0.05) is 6.08 Å². The molecule has 2 aliphatic heterocycles. The van der Waals surface area contributed by atoms with E-state index in [0.717, 1.165) is 50.3 Å².